The number of aliphatic imine (C=N–C) groups is 1. The van der Waals surface area contributed by atoms with Gasteiger partial charge in [0.2, 0.25) is 0 Å². The van der Waals surface area contributed by atoms with Gasteiger partial charge < -0.3 is 24.8 Å². The minimum absolute atomic E-state index is 0. The van der Waals surface area contributed by atoms with Crippen LogP contribution in [0.4, 0.5) is 0 Å². The molecule has 0 aromatic carbocycles. The van der Waals surface area contributed by atoms with E-state index in [4.69, 9.17) is 9.47 Å². The number of aliphatic hydroxyl groups excluding tert-OH is 1. The van der Waals surface area contributed by atoms with Crippen LogP contribution in [-0.4, -0.2) is 74.2 Å². The van der Waals surface area contributed by atoms with Gasteiger partial charge in [-0.25, -0.2) is 0 Å². The molecule has 2 aliphatic heterocycles. The first-order valence-electron chi connectivity index (χ1n) is 8.20. The molecule has 0 amide bonds. The highest BCUT2D eigenvalue weighted by Gasteiger charge is 2.22. The van der Waals surface area contributed by atoms with Gasteiger partial charge in [-0.05, 0) is 32.6 Å². The van der Waals surface area contributed by atoms with E-state index in [0.29, 0.717) is 12.6 Å². The van der Waals surface area contributed by atoms with Crippen molar-refractivity contribution in [2.24, 2.45) is 4.99 Å². The van der Waals surface area contributed by atoms with Crippen molar-refractivity contribution in [1.29, 1.82) is 0 Å². The van der Waals surface area contributed by atoms with Gasteiger partial charge in [-0.3, -0.25) is 4.99 Å². The minimum atomic E-state index is -0.217. The van der Waals surface area contributed by atoms with Crippen LogP contribution in [0.15, 0.2) is 4.99 Å². The number of halogens is 1. The highest BCUT2D eigenvalue weighted by Crippen LogP contribution is 2.11. The van der Waals surface area contributed by atoms with E-state index in [0.717, 1.165) is 71.1 Å². The monoisotopic (exact) mass is 427 g/mol. The summed E-state index contributed by atoms with van der Waals surface area (Å²) in [6.07, 6.45) is 3.94. The molecule has 0 radical (unpaired) electrons. The standard InChI is InChI=1S/C15H29N3O3.HI/c1-2-16-15(18-8-4-13(19)12-18)17-7-3-9-21-14-5-10-20-11-6-14;/h13-14,19H,2-12H2,1H3,(H,16,17);1H/t13-;/m1./s1. The molecule has 2 N–H and O–H groups in total. The highest BCUT2D eigenvalue weighted by molar-refractivity contribution is 14.0. The van der Waals surface area contributed by atoms with E-state index in [1.54, 1.807) is 0 Å². The van der Waals surface area contributed by atoms with Gasteiger partial charge in [-0.1, -0.05) is 0 Å². The third-order valence-electron chi connectivity index (χ3n) is 3.88. The molecule has 0 aliphatic carbocycles. The van der Waals surface area contributed by atoms with E-state index >= 15 is 0 Å². The summed E-state index contributed by atoms with van der Waals surface area (Å²) in [5, 5.41) is 12.9. The molecule has 2 fully saturated rings. The number of nitrogens with zero attached hydrogens (tertiary/aromatic N) is 2. The largest absolute Gasteiger partial charge is 0.391 e. The maximum absolute atomic E-state index is 9.62. The van der Waals surface area contributed by atoms with Gasteiger partial charge in [0, 0.05) is 46.0 Å². The van der Waals surface area contributed by atoms with Crippen LogP contribution in [0.2, 0.25) is 0 Å². The van der Waals surface area contributed by atoms with Gasteiger partial charge in [0.1, 0.15) is 0 Å². The summed E-state index contributed by atoms with van der Waals surface area (Å²) < 4.78 is 11.2. The van der Waals surface area contributed by atoms with Gasteiger partial charge in [-0.2, -0.15) is 0 Å². The zero-order valence-corrected chi connectivity index (χ0v) is 15.8. The summed E-state index contributed by atoms with van der Waals surface area (Å²) in [6.45, 7) is 7.65. The van der Waals surface area contributed by atoms with Crippen molar-refractivity contribution >= 4 is 29.9 Å². The zero-order chi connectivity index (χ0) is 14.9. The Balaban J connectivity index is 0.00000242. The fraction of sp³-hybridized carbons (Fsp3) is 0.933. The van der Waals surface area contributed by atoms with Crippen molar-refractivity contribution in [3.8, 4) is 0 Å². The van der Waals surface area contributed by atoms with Crippen molar-refractivity contribution in [2.45, 2.75) is 44.8 Å². The number of ether oxygens (including phenoxy) is 2. The van der Waals surface area contributed by atoms with E-state index in [2.05, 4.69) is 22.1 Å². The summed E-state index contributed by atoms with van der Waals surface area (Å²) in [4.78, 5) is 6.76. The number of aliphatic hydroxyl groups is 1. The normalized spacial score (nSPS) is 23.5. The van der Waals surface area contributed by atoms with E-state index in [1.165, 1.54) is 0 Å². The van der Waals surface area contributed by atoms with Crippen LogP contribution in [0.3, 0.4) is 0 Å². The number of nitrogens with one attached hydrogen (secondary N) is 1. The molecule has 22 heavy (non-hydrogen) atoms. The number of hydrogen-bond acceptors (Lipinski definition) is 4. The average Bonchev–Trinajstić information content (AvgIpc) is 2.93. The molecule has 2 aliphatic rings. The van der Waals surface area contributed by atoms with Crippen LogP contribution >= 0.6 is 24.0 Å². The second-order valence-corrected chi connectivity index (χ2v) is 5.66. The Labute approximate surface area is 150 Å². The molecule has 130 valence electrons. The number of likely N-dealkylation sites (tertiary alicyclic amines) is 1. The number of guanidine groups is 1. The third-order valence-corrected chi connectivity index (χ3v) is 3.88. The predicted molar refractivity (Wildman–Crippen MR) is 98.0 cm³/mol. The summed E-state index contributed by atoms with van der Waals surface area (Å²) in [7, 11) is 0. The maximum Gasteiger partial charge on any atom is 0.194 e. The van der Waals surface area contributed by atoms with Crippen LogP contribution in [0.25, 0.3) is 0 Å². The number of rotatable bonds is 6. The fourth-order valence-electron chi connectivity index (χ4n) is 2.70. The van der Waals surface area contributed by atoms with Gasteiger partial charge in [0.05, 0.1) is 12.2 Å². The van der Waals surface area contributed by atoms with Crippen LogP contribution in [0.1, 0.15) is 32.6 Å². The molecule has 0 aromatic rings. The Morgan fingerprint density at radius 1 is 1.36 bits per heavy atom. The summed E-state index contributed by atoms with van der Waals surface area (Å²) in [5.41, 5.74) is 0. The molecule has 1 atom stereocenters. The van der Waals surface area contributed by atoms with Crippen LogP contribution in [-0.2, 0) is 9.47 Å². The molecule has 0 saturated carbocycles. The molecular weight excluding hydrogens is 397 g/mol. The molecule has 7 heteroatoms. The highest BCUT2D eigenvalue weighted by atomic mass is 127. The van der Waals surface area contributed by atoms with Crippen LogP contribution in [0, 0.1) is 0 Å². The Kier molecular flexibility index (Phi) is 10.3. The Morgan fingerprint density at radius 2 is 2.14 bits per heavy atom. The van der Waals surface area contributed by atoms with Gasteiger partial charge in [0.15, 0.2) is 5.96 Å². The van der Waals surface area contributed by atoms with Gasteiger partial charge in [-0.15, -0.1) is 24.0 Å². The van der Waals surface area contributed by atoms with Crippen LogP contribution in [0.5, 0.6) is 0 Å². The predicted octanol–water partition coefficient (Wildman–Crippen LogP) is 1.22. The smallest absolute Gasteiger partial charge is 0.194 e. The number of hydrogen-bond donors (Lipinski definition) is 2. The quantitative estimate of drug-likeness (QED) is 0.289. The lowest BCUT2D eigenvalue weighted by Crippen LogP contribution is -2.40. The number of β-amino-alcohol motifs (C(OH)–C–C–N with tert-alkyl or cyclic N) is 1. The van der Waals surface area contributed by atoms with Gasteiger partial charge >= 0.3 is 0 Å². The van der Waals surface area contributed by atoms with Crippen molar-refractivity contribution in [3.05, 3.63) is 0 Å². The maximum atomic E-state index is 9.62. The Hall–Kier alpha value is -0.120. The Morgan fingerprint density at radius 3 is 2.77 bits per heavy atom. The van der Waals surface area contributed by atoms with E-state index in [9.17, 15) is 5.11 Å². The second kappa shape index (κ2) is 11.4. The lowest BCUT2D eigenvalue weighted by Gasteiger charge is -2.22. The van der Waals surface area contributed by atoms with Crippen molar-refractivity contribution in [3.63, 3.8) is 0 Å². The fourth-order valence-corrected chi connectivity index (χ4v) is 2.70. The average molecular weight is 427 g/mol. The topological polar surface area (TPSA) is 66.3 Å². The first-order chi connectivity index (χ1) is 10.3. The molecule has 6 nitrogen and oxygen atoms in total. The SMILES string of the molecule is CCNC(=NCCCOC1CCOCC1)N1CC[C@@H](O)C1.I. The molecule has 2 rings (SSSR count). The van der Waals surface area contributed by atoms with E-state index < -0.39 is 0 Å². The summed E-state index contributed by atoms with van der Waals surface area (Å²) >= 11 is 0. The molecule has 0 bridgehead atoms. The molecule has 2 heterocycles. The first-order valence-corrected chi connectivity index (χ1v) is 8.20. The van der Waals surface area contributed by atoms with E-state index in [1.807, 2.05) is 0 Å². The first kappa shape index (κ1) is 19.9. The lowest BCUT2D eigenvalue weighted by atomic mass is 10.1. The zero-order valence-electron chi connectivity index (χ0n) is 13.5. The second-order valence-electron chi connectivity index (χ2n) is 5.66. The van der Waals surface area contributed by atoms with Crippen molar-refractivity contribution in [1.82, 2.24) is 10.2 Å². The van der Waals surface area contributed by atoms with Crippen molar-refractivity contribution in [2.75, 3.05) is 46.0 Å². The minimum Gasteiger partial charge on any atom is -0.391 e. The molecule has 2 saturated heterocycles. The molecule has 0 aromatic heterocycles. The molecule has 0 spiro atoms. The van der Waals surface area contributed by atoms with Gasteiger partial charge in [0.25, 0.3) is 0 Å². The van der Waals surface area contributed by atoms with Crippen LogP contribution < -0.4 is 5.32 Å². The lowest BCUT2D eigenvalue weighted by molar-refractivity contribution is -0.0318. The molecular formula is C15H30IN3O3. The summed E-state index contributed by atoms with van der Waals surface area (Å²) in [5.74, 6) is 0.917. The Bertz CT molecular complexity index is 325. The van der Waals surface area contributed by atoms with Crippen molar-refractivity contribution < 1.29 is 14.6 Å². The third kappa shape index (κ3) is 6.97. The summed E-state index contributed by atoms with van der Waals surface area (Å²) in [6, 6.07) is 0. The van der Waals surface area contributed by atoms with E-state index in [-0.39, 0.29) is 30.1 Å². The molecule has 0 unspecified atom stereocenters.